The van der Waals surface area contributed by atoms with Crippen LogP contribution in [0.2, 0.25) is 0 Å². The highest BCUT2D eigenvalue weighted by Crippen LogP contribution is 2.25. The topological polar surface area (TPSA) is 80.5 Å². The second kappa shape index (κ2) is 9.66. The third kappa shape index (κ3) is 4.73. The number of nitrogens with one attached hydrogen (secondary N) is 2. The van der Waals surface area contributed by atoms with Gasteiger partial charge in [-0.1, -0.05) is 58.4 Å². The van der Waals surface area contributed by atoms with E-state index in [4.69, 9.17) is 4.74 Å². The first kappa shape index (κ1) is 21.5. The molecule has 33 heavy (non-hydrogen) atoms. The van der Waals surface area contributed by atoms with E-state index in [1.165, 1.54) is 4.68 Å². The molecule has 2 heterocycles. The van der Waals surface area contributed by atoms with Crippen LogP contribution in [0.5, 0.6) is 5.75 Å². The van der Waals surface area contributed by atoms with Crippen LogP contribution >= 0.6 is 15.9 Å². The first-order chi connectivity index (χ1) is 16.2. The summed E-state index contributed by atoms with van der Waals surface area (Å²) in [6, 6.07) is 24.9. The molecule has 0 spiro atoms. The second-order valence-electron chi connectivity index (χ2n) is 7.75. The summed E-state index contributed by atoms with van der Waals surface area (Å²) in [6.45, 7) is 0.814. The third-order valence-corrected chi connectivity index (χ3v) is 6.09. The number of fused-ring (bicyclic) bond motifs is 1. The highest BCUT2D eigenvalue weighted by atomic mass is 79.9. The van der Waals surface area contributed by atoms with Crippen LogP contribution in [0, 0.1) is 5.92 Å². The maximum absolute atomic E-state index is 13.3. The summed E-state index contributed by atoms with van der Waals surface area (Å²) in [5.41, 5.74) is 8.03. The maximum Gasteiger partial charge on any atom is 0.282 e. The molecule has 0 saturated carbocycles. The lowest BCUT2D eigenvalue weighted by Crippen LogP contribution is -2.26. The SMILES string of the molecule is O=c1c2ccccc2nc(COc2ccccc2)n1/N=C/C1CNNC1c1ccc(Br)cc1. The molecule has 2 N–H and O–H groups in total. The molecule has 4 aromatic rings. The molecule has 1 aromatic heterocycles. The Morgan fingerprint density at radius 3 is 2.64 bits per heavy atom. The Bertz CT molecular complexity index is 1340. The van der Waals surface area contributed by atoms with Crippen LogP contribution in [0.4, 0.5) is 0 Å². The maximum atomic E-state index is 13.3. The highest BCUT2D eigenvalue weighted by molar-refractivity contribution is 9.10. The summed E-state index contributed by atoms with van der Waals surface area (Å²) in [5.74, 6) is 1.19. The number of hydrazine groups is 1. The zero-order valence-electron chi connectivity index (χ0n) is 17.7. The lowest BCUT2D eigenvalue weighted by atomic mass is 9.96. The minimum Gasteiger partial charge on any atom is -0.486 e. The summed E-state index contributed by atoms with van der Waals surface area (Å²) in [7, 11) is 0. The van der Waals surface area contributed by atoms with Crippen molar-refractivity contribution in [2.75, 3.05) is 6.54 Å². The average Bonchev–Trinajstić information content (AvgIpc) is 3.32. The van der Waals surface area contributed by atoms with E-state index >= 15 is 0 Å². The van der Waals surface area contributed by atoms with Gasteiger partial charge in [-0.25, -0.2) is 10.4 Å². The van der Waals surface area contributed by atoms with Gasteiger partial charge in [0.1, 0.15) is 12.4 Å². The van der Waals surface area contributed by atoms with Gasteiger partial charge in [-0.2, -0.15) is 9.78 Å². The van der Waals surface area contributed by atoms with Crippen molar-refractivity contribution in [1.29, 1.82) is 0 Å². The van der Waals surface area contributed by atoms with Gasteiger partial charge in [-0.05, 0) is 42.0 Å². The molecular weight excluding hydrogens is 482 g/mol. The smallest absolute Gasteiger partial charge is 0.282 e. The number of benzene rings is 3. The van der Waals surface area contributed by atoms with Gasteiger partial charge in [-0.15, -0.1) is 0 Å². The minimum atomic E-state index is -0.220. The molecule has 5 rings (SSSR count). The van der Waals surface area contributed by atoms with Crippen LogP contribution in [0.1, 0.15) is 17.4 Å². The van der Waals surface area contributed by atoms with Gasteiger partial charge in [0.25, 0.3) is 5.56 Å². The summed E-state index contributed by atoms with van der Waals surface area (Å²) in [6.07, 6.45) is 1.81. The standard InChI is InChI=1S/C25H22BrN5O2/c26-19-12-10-17(11-13-19)24-18(14-27-30-24)15-28-31-23(16-33-20-6-2-1-3-7-20)29-22-9-5-4-8-21(22)25(31)32/h1-13,15,18,24,27,30H,14,16H2/b28-15+. The molecule has 7 nitrogen and oxygen atoms in total. The number of aromatic nitrogens is 2. The summed E-state index contributed by atoms with van der Waals surface area (Å²) >= 11 is 3.48. The zero-order chi connectivity index (χ0) is 22.6. The van der Waals surface area contributed by atoms with E-state index in [2.05, 4.69) is 49.0 Å². The molecule has 1 saturated heterocycles. The molecule has 2 unspecified atom stereocenters. The van der Waals surface area contributed by atoms with Crippen molar-refractivity contribution in [2.45, 2.75) is 12.6 Å². The van der Waals surface area contributed by atoms with E-state index in [0.29, 0.717) is 29.0 Å². The molecule has 0 radical (unpaired) electrons. The normalized spacial score (nSPS) is 18.2. The Morgan fingerprint density at radius 1 is 1.06 bits per heavy atom. The van der Waals surface area contributed by atoms with E-state index < -0.39 is 0 Å². The Hall–Kier alpha value is -3.33. The van der Waals surface area contributed by atoms with Crippen LogP contribution in [0.3, 0.4) is 0 Å². The van der Waals surface area contributed by atoms with Crippen molar-refractivity contribution in [3.05, 3.63) is 105 Å². The van der Waals surface area contributed by atoms with Crippen LogP contribution in [-0.4, -0.2) is 22.4 Å². The summed E-state index contributed by atoms with van der Waals surface area (Å²) in [5, 5.41) is 5.11. The fourth-order valence-corrected chi connectivity index (χ4v) is 4.11. The molecule has 0 amide bonds. The predicted octanol–water partition coefficient (Wildman–Crippen LogP) is 4.04. The zero-order valence-corrected chi connectivity index (χ0v) is 19.3. The van der Waals surface area contributed by atoms with Crippen molar-refractivity contribution >= 4 is 33.0 Å². The number of hydrogen-bond donors (Lipinski definition) is 2. The third-order valence-electron chi connectivity index (χ3n) is 5.56. The van der Waals surface area contributed by atoms with Crippen LogP contribution in [0.15, 0.2) is 93.2 Å². The second-order valence-corrected chi connectivity index (χ2v) is 8.66. The molecule has 166 valence electrons. The molecule has 2 atom stereocenters. The number of para-hydroxylation sites is 2. The van der Waals surface area contributed by atoms with E-state index in [0.717, 1.165) is 10.0 Å². The van der Waals surface area contributed by atoms with Gasteiger partial charge in [0.05, 0.1) is 16.9 Å². The Morgan fingerprint density at radius 2 is 1.82 bits per heavy atom. The van der Waals surface area contributed by atoms with Crippen molar-refractivity contribution in [3.8, 4) is 5.75 Å². The van der Waals surface area contributed by atoms with Crippen molar-refractivity contribution in [1.82, 2.24) is 20.5 Å². The summed E-state index contributed by atoms with van der Waals surface area (Å²) < 4.78 is 8.26. The molecule has 3 aromatic carbocycles. The van der Waals surface area contributed by atoms with Gasteiger partial charge in [0.2, 0.25) is 0 Å². The molecule has 1 fully saturated rings. The van der Waals surface area contributed by atoms with Crippen molar-refractivity contribution < 1.29 is 4.74 Å². The summed E-state index contributed by atoms with van der Waals surface area (Å²) in [4.78, 5) is 17.9. The van der Waals surface area contributed by atoms with Crippen LogP contribution in [0.25, 0.3) is 10.9 Å². The van der Waals surface area contributed by atoms with Crippen LogP contribution < -0.4 is 21.1 Å². The Kier molecular flexibility index (Phi) is 6.30. The molecule has 0 aliphatic carbocycles. The van der Waals surface area contributed by atoms with E-state index in [1.54, 1.807) is 6.07 Å². The van der Waals surface area contributed by atoms with Gasteiger partial charge in [0, 0.05) is 23.1 Å². The lowest BCUT2D eigenvalue weighted by Gasteiger charge is -2.16. The lowest BCUT2D eigenvalue weighted by molar-refractivity contribution is 0.289. The number of rotatable bonds is 6. The van der Waals surface area contributed by atoms with E-state index in [-0.39, 0.29) is 24.1 Å². The minimum absolute atomic E-state index is 0.0370. The van der Waals surface area contributed by atoms with Crippen molar-refractivity contribution in [3.63, 3.8) is 0 Å². The molecule has 1 aliphatic heterocycles. The average molecular weight is 504 g/mol. The van der Waals surface area contributed by atoms with Gasteiger partial charge >= 0.3 is 0 Å². The van der Waals surface area contributed by atoms with E-state index in [9.17, 15) is 4.79 Å². The fourth-order valence-electron chi connectivity index (χ4n) is 3.85. The Balaban J connectivity index is 1.48. The molecule has 1 aliphatic rings. The number of nitrogens with zero attached hydrogens (tertiary/aromatic N) is 3. The van der Waals surface area contributed by atoms with E-state index in [1.807, 2.05) is 66.9 Å². The first-order valence-electron chi connectivity index (χ1n) is 10.7. The van der Waals surface area contributed by atoms with Crippen molar-refractivity contribution in [2.24, 2.45) is 11.0 Å². The van der Waals surface area contributed by atoms with Gasteiger partial charge in [-0.3, -0.25) is 10.2 Å². The molecule has 0 bridgehead atoms. The Labute approximate surface area is 199 Å². The largest absolute Gasteiger partial charge is 0.486 e. The number of halogens is 1. The molecule has 8 heteroatoms. The van der Waals surface area contributed by atoms with Gasteiger partial charge < -0.3 is 4.74 Å². The van der Waals surface area contributed by atoms with Crippen LogP contribution in [-0.2, 0) is 6.61 Å². The highest BCUT2D eigenvalue weighted by Gasteiger charge is 2.27. The molecular formula is C25H22BrN5O2. The van der Waals surface area contributed by atoms with Gasteiger partial charge in [0.15, 0.2) is 5.82 Å². The monoisotopic (exact) mass is 503 g/mol. The first-order valence-corrected chi connectivity index (χ1v) is 11.5. The number of hydrogen-bond acceptors (Lipinski definition) is 6. The predicted molar refractivity (Wildman–Crippen MR) is 132 cm³/mol. The quantitative estimate of drug-likeness (QED) is 0.388. The number of ether oxygens (including phenoxy) is 1. The fraction of sp³-hybridized carbons (Fsp3) is 0.160.